The summed E-state index contributed by atoms with van der Waals surface area (Å²) < 4.78 is 5.44. The van der Waals surface area contributed by atoms with Gasteiger partial charge in [-0.05, 0) is 25.7 Å². The third kappa shape index (κ3) is 4.10. The Morgan fingerprint density at radius 3 is 2.85 bits per heavy atom. The van der Waals surface area contributed by atoms with Crippen molar-refractivity contribution in [2.45, 2.75) is 58.0 Å². The normalized spacial score (nSPS) is 25.8. The first-order chi connectivity index (χ1) is 6.36. The topological polar surface area (TPSA) is 21.3 Å². The van der Waals surface area contributed by atoms with Gasteiger partial charge in [0.2, 0.25) is 0 Å². The van der Waals surface area contributed by atoms with Gasteiger partial charge < -0.3 is 10.1 Å². The number of rotatable bonds is 5. The summed E-state index contributed by atoms with van der Waals surface area (Å²) in [5.74, 6) is 0. The molecule has 0 amide bonds. The Morgan fingerprint density at radius 2 is 2.31 bits per heavy atom. The van der Waals surface area contributed by atoms with Crippen LogP contribution >= 0.6 is 0 Å². The summed E-state index contributed by atoms with van der Waals surface area (Å²) in [5.41, 5.74) is 0. The molecule has 78 valence electrons. The molecule has 0 aromatic carbocycles. The van der Waals surface area contributed by atoms with Crippen LogP contribution in [0.3, 0.4) is 0 Å². The molecule has 0 spiro atoms. The van der Waals surface area contributed by atoms with Gasteiger partial charge in [-0.1, -0.05) is 20.3 Å². The van der Waals surface area contributed by atoms with Crippen LogP contribution in [0.5, 0.6) is 0 Å². The second-order valence-electron chi connectivity index (χ2n) is 3.97. The van der Waals surface area contributed by atoms with Crippen molar-refractivity contribution in [3.63, 3.8) is 0 Å². The summed E-state index contributed by atoms with van der Waals surface area (Å²) in [6, 6.07) is 1.32. The van der Waals surface area contributed by atoms with Crippen molar-refractivity contribution in [2.24, 2.45) is 0 Å². The highest BCUT2D eigenvalue weighted by Crippen LogP contribution is 2.09. The van der Waals surface area contributed by atoms with Gasteiger partial charge in [0.15, 0.2) is 0 Å². The molecule has 13 heavy (non-hydrogen) atoms. The molecular formula is C11H23NO. The molecule has 2 atom stereocenters. The lowest BCUT2D eigenvalue weighted by Gasteiger charge is -2.27. The van der Waals surface area contributed by atoms with Gasteiger partial charge >= 0.3 is 0 Å². The molecule has 0 aliphatic carbocycles. The maximum absolute atomic E-state index is 5.44. The van der Waals surface area contributed by atoms with Crippen molar-refractivity contribution in [3.8, 4) is 0 Å². The SMILES string of the molecule is CCCC(CC)NC1CCCOC1. The third-order valence-electron chi connectivity index (χ3n) is 2.76. The molecule has 1 saturated heterocycles. The highest BCUT2D eigenvalue weighted by Gasteiger charge is 2.16. The van der Waals surface area contributed by atoms with Crippen molar-refractivity contribution in [1.82, 2.24) is 5.32 Å². The molecule has 1 fully saturated rings. The fourth-order valence-corrected chi connectivity index (χ4v) is 1.96. The molecule has 1 N–H and O–H groups in total. The number of nitrogens with one attached hydrogen (secondary N) is 1. The highest BCUT2D eigenvalue weighted by molar-refractivity contribution is 4.75. The molecule has 0 aromatic rings. The van der Waals surface area contributed by atoms with Crippen molar-refractivity contribution < 1.29 is 4.74 Å². The van der Waals surface area contributed by atoms with Gasteiger partial charge in [-0.2, -0.15) is 0 Å². The Morgan fingerprint density at radius 1 is 1.46 bits per heavy atom. The Kier molecular flexibility index (Phi) is 5.40. The van der Waals surface area contributed by atoms with E-state index in [4.69, 9.17) is 4.74 Å². The summed E-state index contributed by atoms with van der Waals surface area (Å²) in [6.07, 6.45) is 6.33. The summed E-state index contributed by atoms with van der Waals surface area (Å²) in [6.45, 7) is 6.39. The van der Waals surface area contributed by atoms with Gasteiger partial charge in [-0.15, -0.1) is 0 Å². The fraction of sp³-hybridized carbons (Fsp3) is 1.00. The molecule has 2 unspecified atom stereocenters. The predicted molar refractivity (Wildman–Crippen MR) is 56.0 cm³/mol. The van der Waals surface area contributed by atoms with Crippen LogP contribution in [-0.2, 0) is 4.74 Å². The standard InChI is InChI=1S/C11H23NO/c1-3-6-10(4-2)12-11-7-5-8-13-9-11/h10-12H,3-9H2,1-2H3. The van der Waals surface area contributed by atoms with Crippen LogP contribution in [0, 0.1) is 0 Å². The van der Waals surface area contributed by atoms with E-state index in [1.54, 1.807) is 0 Å². The van der Waals surface area contributed by atoms with Gasteiger partial charge in [0, 0.05) is 18.7 Å². The van der Waals surface area contributed by atoms with E-state index in [2.05, 4.69) is 19.2 Å². The van der Waals surface area contributed by atoms with Crippen LogP contribution < -0.4 is 5.32 Å². The largest absolute Gasteiger partial charge is 0.380 e. The smallest absolute Gasteiger partial charge is 0.0619 e. The third-order valence-corrected chi connectivity index (χ3v) is 2.76. The minimum absolute atomic E-state index is 0.616. The van der Waals surface area contributed by atoms with Crippen molar-refractivity contribution in [3.05, 3.63) is 0 Å². The zero-order chi connectivity index (χ0) is 9.52. The lowest BCUT2D eigenvalue weighted by Crippen LogP contribution is -2.42. The molecule has 0 aromatic heterocycles. The van der Waals surface area contributed by atoms with Gasteiger partial charge in [0.25, 0.3) is 0 Å². The van der Waals surface area contributed by atoms with E-state index < -0.39 is 0 Å². The Bertz CT molecular complexity index is 119. The Labute approximate surface area is 82.0 Å². The zero-order valence-corrected chi connectivity index (χ0v) is 9.01. The van der Waals surface area contributed by atoms with Crippen molar-refractivity contribution in [1.29, 1.82) is 0 Å². The molecule has 0 bridgehead atoms. The predicted octanol–water partition coefficient (Wildman–Crippen LogP) is 2.33. The highest BCUT2D eigenvalue weighted by atomic mass is 16.5. The molecule has 1 aliphatic rings. The monoisotopic (exact) mass is 185 g/mol. The summed E-state index contributed by atoms with van der Waals surface area (Å²) >= 11 is 0. The molecular weight excluding hydrogens is 162 g/mol. The van der Waals surface area contributed by atoms with E-state index in [9.17, 15) is 0 Å². The average Bonchev–Trinajstić information content (AvgIpc) is 2.19. The second kappa shape index (κ2) is 6.39. The van der Waals surface area contributed by atoms with Crippen molar-refractivity contribution in [2.75, 3.05) is 13.2 Å². The molecule has 2 heteroatoms. The fourth-order valence-electron chi connectivity index (χ4n) is 1.96. The average molecular weight is 185 g/mol. The van der Waals surface area contributed by atoms with Crippen LogP contribution in [0.2, 0.25) is 0 Å². The molecule has 0 radical (unpaired) electrons. The minimum atomic E-state index is 0.616. The van der Waals surface area contributed by atoms with Crippen LogP contribution in [0.1, 0.15) is 46.0 Å². The van der Waals surface area contributed by atoms with Crippen LogP contribution in [0.25, 0.3) is 0 Å². The Balaban J connectivity index is 2.18. The van der Waals surface area contributed by atoms with Gasteiger partial charge in [0.1, 0.15) is 0 Å². The maximum atomic E-state index is 5.44. The number of hydrogen-bond acceptors (Lipinski definition) is 2. The maximum Gasteiger partial charge on any atom is 0.0619 e. The quantitative estimate of drug-likeness (QED) is 0.710. The van der Waals surface area contributed by atoms with E-state index >= 15 is 0 Å². The van der Waals surface area contributed by atoms with E-state index in [1.165, 1.54) is 32.1 Å². The van der Waals surface area contributed by atoms with E-state index in [0.717, 1.165) is 13.2 Å². The summed E-state index contributed by atoms with van der Waals surface area (Å²) in [5, 5.41) is 3.68. The summed E-state index contributed by atoms with van der Waals surface area (Å²) in [7, 11) is 0. The molecule has 1 heterocycles. The molecule has 1 aliphatic heterocycles. The number of hydrogen-bond donors (Lipinski definition) is 1. The Hall–Kier alpha value is -0.0800. The van der Waals surface area contributed by atoms with Gasteiger partial charge in [0.05, 0.1) is 6.61 Å². The lowest BCUT2D eigenvalue weighted by atomic mass is 10.1. The van der Waals surface area contributed by atoms with E-state index in [-0.39, 0.29) is 0 Å². The minimum Gasteiger partial charge on any atom is -0.380 e. The van der Waals surface area contributed by atoms with Crippen LogP contribution in [-0.4, -0.2) is 25.3 Å². The van der Waals surface area contributed by atoms with Crippen molar-refractivity contribution >= 4 is 0 Å². The molecule has 2 nitrogen and oxygen atoms in total. The van der Waals surface area contributed by atoms with Crippen LogP contribution in [0.15, 0.2) is 0 Å². The number of ether oxygens (including phenoxy) is 1. The zero-order valence-electron chi connectivity index (χ0n) is 9.01. The van der Waals surface area contributed by atoms with Gasteiger partial charge in [-0.25, -0.2) is 0 Å². The van der Waals surface area contributed by atoms with Crippen LogP contribution in [0.4, 0.5) is 0 Å². The first kappa shape index (κ1) is 11.0. The molecule has 0 saturated carbocycles. The molecule has 1 rings (SSSR count). The second-order valence-corrected chi connectivity index (χ2v) is 3.97. The lowest BCUT2D eigenvalue weighted by molar-refractivity contribution is 0.0656. The summed E-state index contributed by atoms with van der Waals surface area (Å²) in [4.78, 5) is 0. The van der Waals surface area contributed by atoms with Gasteiger partial charge in [-0.3, -0.25) is 0 Å². The first-order valence-corrected chi connectivity index (χ1v) is 5.70. The van der Waals surface area contributed by atoms with E-state index in [1.807, 2.05) is 0 Å². The first-order valence-electron chi connectivity index (χ1n) is 5.70. The van der Waals surface area contributed by atoms with E-state index in [0.29, 0.717) is 12.1 Å².